The third kappa shape index (κ3) is 3.46. The predicted molar refractivity (Wildman–Crippen MR) is 101 cm³/mol. The minimum Gasteiger partial charge on any atom is -0.393 e. The first-order chi connectivity index (χ1) is 11.5. The maximum atomic E-state index is 6.21. The average Bonchev–Trinajstić information content (AvgIpc) is 2.57. The first-order valence-electron chi connectivity index (χ1n) is 7.37. The summed E-state index contributed by atoms with van der Waals surface area (Å²) in [6, 6.07) is 9.78. The zero-order valence-corrected chi connectivity index (χ0v) is 14.9. The number of nitrogens with zero attached hydrogens (tertiary/aromatic N) is 3. The van der Waals surface area contributed by atoms with Crippen LogP contribution in [0.2, 0.25) is 0 Å². The van der Waals surface area contributed by atoms with Gasteiger partial charge in [-0.3, -0.25) is 0 Å². The number of rotatable bonds is 4. The maximum absolute atomic E-state index is 6.21. The van der Waals surface area contributed by atoms with Gasteiger partial charge >= 0.3 is 0 Å². The van der Waals surface area contributed by atoms with E-state index in [1.165, 1.54) is 11.9 Å². The number of aryl methyl sites for hydroxylation is 1. The van der Waals surface area contributed by atoms with Crippen molar-refractivity contribution < 1.29 is 0 Å². The van der Waals surface area contributed by atoms with Crippen LogP contribution in [0.4, 0.5) is 28.8 Å². The lowest BCUT2D eigenvalue weighted by Crippen LogP contribution is -2.06. The molecule has 3 aromatic rings. The Morgan fingerprint density at radius 3 is 2.42 bits per heavy atom. The van der Waals surface area contributed by atoms with Crippen LogP contribution in [0.25, 0.3) is 0 Å². The molecule has 0 fully saturated rings. The minimum atomic E-state index is 0.433. The van der Waals surface area contributed by atoms with Crippen molar-refractivity contribution >= 4 is 44.8 Å². The molecule has 7 heteroatoms. The molecular weight excluding hydrogens is 368 g/mol. The first kappa shape index (κ1) is 16.2. The molecule has 0 atom stereocenters. The molecule has 0 bridgehead atoms. The quantitative estimate of drug-likeness (QED) is 0.620. The summed E-state index contributed by atoms with van der Waals surface area (Å²) in [6.07, 6.45) is 3.17. The number of anilines is 5. The van der Waals surface area contributed by atoms with E-state index in [4.69, 9.17) is 5.73 Å². The second-order valence-corrected chi connectivity index (χ2v) is 6.26. The Labute approximate surface area is 148 Å². The Morgan fingerprint density at radius 2 is 1.71 bits per heavy atom. The van der Waals surface area contributed by atoms with Crippen LogP contribution >= 0.6 is 15.9 Å². The molecule has 2 aromatic heterocycles. The van der Waals surface area contributed by atoms with E-state index in [1.807, 2.05) is 24.3 Å². The van der Waals surface area contributed by atoms with E-state index in [2.05, 4.69) is 61.4 Å². The summed E-state index contributed by atoms with van der Waals surface area (Å²) in [4.78, 5) is 12.7. The van der Waals surface area contributed by atoms with Crippen LogP contribution in [0.15, 0.2) is 47.3 Å². The number of hydrogen-bond acceptors (Lipinski definition) is 6. The summed E-state index contributed by atoms with van der Waals surface area (Å²) in [5.41, 5.74) is 9.96. The topological polar surface area (TPSA) is 88.8 Å². The molecule has 0 unspecified atom stereocenters. The highest BCUT2D eigenvalue weighted by atomic mass is 79.9. The number of nitrogen functional groups attached to an aromatic ring is 1. The van der Waals surface area contributed by atoms with Crippen molar-refractivity contribution in [3.8, 4) is 0 Å². The van der Waals surface area contributed by atoms with E-state index in [1.54, 1.807) is 6.20 Å². The van der Waals surface area contributed by atoms with Gasteiger partial charge in [0.25, 0.3) is 0 Å². The molecule has 0 saturated carbocycles. The van der Waals surface area contributed by atoms with E-state index in [0.29, 0.717) is 23.1 Å². The monoisotopic (exact) mass is 384 g/mol. The molecule has 24 heavy (non-hydrogen) atoms. The molecule has 0 radical (unpaired) electrons. The molecule has 0 amide bonds. The number of nitrogens with one attached hydrogen (secondary N) is 2. The van der Waals surface area contributed by atoms with Crippen molar-refractivity contribution in [2.75, 3.05) is 16.4 Å². The molecule has 6 nitrogen and oxygen atoms in total. The summed E-state index contributed by atoms with van der Waals surface area (Å²) in [6.45, 7) is 4.12. The van der Waals surface area contributed by atoms with Crippen LogP contribution in [0.5, 0.6) is 0 Å². The van der Waals surface area contributed by atoms with Crippen molar-refractivity contribution in [3.05, 3.63) is 58.5 Å². The molecule has 122 valence electrons. The van der Waals surface area contributed by atoms with Crippen LogP contribution in [-0.2, 0) is 0 Å². The second kappa shape index (κ2) is 6.84. The highest BCUT2D eigenvalue weighted by Gasteiger charge is 2.10. The van der Waals surface area contributed by atoms with Gasteiger partial charge in [0.15, 0.2) is 11.6 Å². The molecule has 0 aliphatic rings. The van der Waals surface area contributed by atoms with Crippen LogP contribution in [0.3, 0.4) is 0 Å². The van der Waals surface area contributed by atoms with Gasteiger partial charge in [-0.1, -0.05) is 12.1 Å². The predicted octanol–water partition coefficient (Wildman–Crippen LogP) is 4.32. The van der Waals surface area contributed by atoms with Crippen LogP contribution < -0.4 is 16.4 Å². The number of pyridine rings is 1. The minimum absolute atomic E-state index is 0.433. The Hall–Kier alpha value is -2.67. The normalized spacial score (nSPS) is 10.5. The third-order valence-corrected chi connectivity index (χ3v) is 4.18. The van der Waals surface area contributed by atoms with Crippen molar-refractivity contribution in [1.29, 1.82) is 0 Å². The van der Waals surface area contributed by atoms with E-state index in [9.17, 15) is 0 Å². The van der Waals surface area contributed by atoms with E-state index in [-0.39, 0.29) is 0 Å². The fraction of sp³-hybridized carbons (Fsp3) is 0.118. The van der Waals surface area contributed by atoms with Gasteiger partial charge in [-0.25, -0.2) is 15.0 Å². The fourth-order valence-corrected chi connectivity index (χ4v) is 2.41. The van der Waals surface area contributed by atoms with Gasteiger partial charge in [0, 0.05) is 16.4 Å². The standard InChI is InChI=1S/C17H17BrN6/c1-10-4-3-5-13(11(10)2)23-16-15(19)17(22-9-21-16)24-14-7-6-12(18)8-20-14/h3-9H,19H2,1-2H3,(H2,20,21,22,23,24). The van der Waals surface area contributed by atoms with Gasteiger partial charge in [-0.05, 0) is 59.1 Å². The number of hydrogen-bond donors (Lipinski definition) is 3. The smallest absolute Gasteiger partial charge is 0.160 e. The number of nitrogens with two attached hydrogens (primary N) is 1. The van der Waals surface area contributed by atoms with Crippen LogP contribution in [0.1, 0.15) is 11.1 Å². The van der Waals surface area contributed by atoms with Gasteiger partial charge in [-0.15, -0.1) is 0 Å². The van der Waals surface area contributed by atoms with Gasteiger partial charge in [0.05, 0.1) is 0 Å². The largest absolute Gasteiger partial charge is 0.393 e. The second-order valence-electron chi connectivity index (χ2n) is 5.34. The fourth-order valence-electron chi connectivity index (χ4n) is 2.18. The van der Waals surface area contributed by atoms with Gasteiger partial charge in [0.2, 0.25) is 0 Å². The van der Waals surface area contributed by atoms with Gasteiger partial charge in [-0.2, -0.15) is 0 Å². The number of aromatic nitrogens is 3. The number of halogens is 1. The molecule has 4 N–H and O–H groups in total. The molecule has 1 aromatic carbocycles. The average molecular weight is 385 g/mol. The van der Waals surface area contributed by atoms with E-state index >= 15 is 0 Å². The summed E-state index contributed by atoms with van der Waals surface area (Å²) >= 11 is 3.36. The van der Waals surface area contributed by atoms with Crippen LogP contribution in [0, 0.1) is 13.8 Å². The summed E-state index contributed by atoms with van der Waals surface area (Å²) in [7, 11) is 0. The summed E-state index contributed by atoms with van der Waals surface area (Å²) in [5.74, 6) is 1.72. The van der Waals surface area contributed by atoms with Gasteiger partial charge in [0.1, 0.15) is 17.8 Å². The number of benzene rings is 1. The molecule has 3 rings (SSSR count). The van der Waals surface area contributed by atoms with Crippen molar-refractivity contribution in [3.63, 3.8) is 0 Å². The van der Waals surface area contributed by atoms with Crippen LogP contribution in [-0.4, -0.2) is 15.0 Å². The summed E-state index contributed by atoms with van der Waals surface area (Å²) < 4.78 is 0.904. The lowest BCUT2D eigenvalue weighted by atomic mass is 10.1. The molecule has 0 aliphatic carbocycles. The zero-order chi connectivity index (χ0) is 17.1. The Morgan fingerprint density at radius 1 is 0.958 bits per heavy atom. The third-order valence-electron chi connectivity index (χ3n) is 3.72. The highest BCUT2D eigenvalue weighted by molar-refractivity contribution is 9.10. The Bertz CT molecular complexity index is 863. The van der Waals surface area contributed by atoms with Crippen molar-refractivity contribution in [2.45, 2.75) is 13.8 Å². The summed E-state index contributed by atoms with van der Waals surface area (Å²) in [5, 5.41) is 6.38. The van der Waals surface area contributed by atoms with E-state index in [0.717, 1.165) is 15.7 Å². The maximum Gasteiger partial charge on any atom is 0.160 e. The Balaban J connectivity index is 1.88. The lowest BCUT2D eigenvalue weighted by molar-refractivity contribution is 1.16. The van der Waals surface area contributed by atoms with Crippen molar-refractivity contribution in [2.24, 2.45) is 0 Å². The molecular formula is C17H17BrN6. The first-order valence-corrected chi connectivity index (χ1v) is 8.16. The lowest BCUT2D eigenvalue weighted by Gasteiger charge is -2.14. The Kier molecular flexibility index (Phi) is 4.61. The highest BCUT2D eigenvalue weighted by Crippen LogP contribution is 2.29. The molecule has 0 saturated heterocycles. The van der Waals surface area contributed by atoms with Crippen molar-refractivity contribution in [1.82, 2.24) is 15.0 Å². The van der Waals surface area contributed by atoms with Gasteiger partial charge < -0.3 is 16.4 Å². The SMILES string of the molecule is Cc1cccc(Nc2ncnc(Nc3ccc(Br)cn3)c2N)c1C. The zero-order valence-electron chi connectivity index (χ0n) is 13.3. The molecule has 0 spiro atoms. The van der Waals surface area contributed by atoms with E-state index < -0.39 is 0 Å². The molecule has 0 aliphatic heterocycles. The molecule has 2 heterocycles.